The lowest BCUT2D eigenvalue weighted by molar-refractivity contribution is 0.0555. The van der Waals surface area contributed by atoms with Gasteiger partial charge >= 0.3 is 0 Å². The van der Waals surface area contributed by atoms with E-state index in [0.29, 0.717) is 16.2 Å². The van der Waals surface area contributed by atoms with E-state index in [-0.39, 0.29) is 0 Å². The molecule has 7 unspecified atom stereocenters. The fourth-order valence-electron chi connectivity index (χ4n) is 8.11. The number of hydrogen-bond acceptors (Lipinski definition) is 0. The summed E-state index contributed by atoms with van der Waals surface area (Å²) >= 11 is 0. The Hall–Kier alpha value is 0. The first-order valence-electron chi connectivity index (χ1n) is 10.8. The molecule has 7 atom stereocenters. The molecule has 5 saturated carbocycles. The number of unbranched alkanes of at least 4 members (excludes halogenated alkanes) is 1. The zero-order valence-corrected chi connectivity index (χ0v) is 16.9. The highest BCUT2D eigenvalue weighted by Crippen LogP contribution is 2.75. The molecule has 6 bridgehead atoms. The fraction of sp³-hybridized carbons (Fsp3) is 1.00. The summed E-state index contributed by atoms with van der Waals surface area (Å²) in [5.74, 6) is 4.19. The predicted octanol–water partition coefficient (Wildman–Crippen LogP) is 7.47. The molecule has 0 heteroatoms. The molecule has 0 aromatic rings. The molecule has 0 saturated heterocycles. The Morgan fingerprint density at radius 2 is 1.35 bits per heavy atom. The van der Waals surface area contributed by atoms with Gasteiger partial charge in [-0.1, -0.05) is 67.2 Å². The van der Waals surface area contributed by atoms with Gasteiger partial charge in [-0.25, -0.2) is 0 Å². The van der Waals surface area contributed by atoms with Crippen LogP contribution in [-0.4, -0.2) is 0 Å². The van der Waals surface area contributed by atoms with Gasteiger partial charge in [0.15, 0.2) is 0 Å². The Morgan fingerprint density at radius 3 is 1.96 bits per heavy atom. The van der Waals surface area contributed by atoms with Crippen LogP contribution in [0.2, 0.25) is 0 Å². The van der Waals surface area contributed by atoms with Crippen LogP contribution < -0.4 is 0 Å². The molecule has 0 aromatic heterocycles. The maximum Gasteiger partial charge on any atom is -0.0281 e. The number of hydrogen-bond donors (Lipinski definition) is 0. The maximum atomic E-state index is 2.68. The molecule has 0 N–H and O–H groups in total. The zero-order valence-electron chi connectivity index (χ0n) is 16.9. The van der Waals surface area contributed by atoms with Gasteiger partial charge in [-0.05, 0) is 78.4 Å². The van der Waals surface area contributed by atoms with E-state index in [2.05, 4.69) is 41.5 Å². The lowest BCUT2D eigenvalue weighted by Crippen LogP contribution is -2.36. The van der Waals surface area contributed by atoms with Crippen LogP contribution in [0.3, 0.4) is 0 Å². The van der Waals surface area contributed by atoms with E-state index in [9.17, 15) is 0 Å². The molecule has 5 rings (SSSR count). The van der Waals surface area contributed by atoms with Crippen molar-refractivity contribution in [1.29, 1.82) is 0 Å². The average Bonchev–Trinajstić information content (AvgIpc) is 2.87. The molecule has 0 spiro atoms. The minimum atomic E-state index is 0.684. The minimum absolute atomic E-state index is 0.684. The van der Waals surface area contributed by atoms with Crippen LogP contribution in [0.1, 0.15) is 106 Å². The molecule has 0 nitrogen and oxygen atoms in total. The fourth-order valence-corrected chi connectivity index (χ4v) is 8.11. The molecular weight excluding hydrogens is 276 g/mol. The lowest BCUT2D eigenvalue weighted by Gasteiger charge is -2.43. The van der Waals surface area contributed by atoms with Crippen molar-refractivity contribution in [3.05, 3.63) is 0 Å². The third-order valence-corrected chi connectivity index (χ3v) is 8.63. The van der Waals surface area contributed by atoms with E-state index in [0.717, 1.165) is 23.7 Å². The summed E-state index contributed by atoms with van der Waals surface area (Å²) in [6.45, 7) is 14.9. The highest BCUT2D eigenvalue weighted by molar-refractivity contribution is 5.16. The molecule has 134 valence electrons. The van der Waals surface area contributed by atoms with Gasteiger partial charge in [-0.2, -0.15) is 0 Å². The van der Waals surface area contributed by atoms with Crippen LogP contribution in [0.4, 0.5) is 0 Å². The molecule has 23 heavy (non-hydrogen) atoms. The summed E-state index contributed by atoms with van der Waals surface area (Å²) in [5, 5.41) is 0. The maximum absolute atomic E-state index is 2.68. The van der Waals surface area contributed by atoms with Crippen molar-refractivity contribution in [2.45, 2.75) is 106 Å². The van der Waals surface area contributed by atoms with Gasteiger partial charge in [0, 0.05) is 0 Å². The second kappa shape index (κ2) is 6.06. The Bertz CT molecular complexity index is 422. The van der Waals surface area contributed by atoms with E-state index in [4.69, 9.17) is 0 Å². The first-order valence-corrected chi connectivity index (χ1v) is 10.8. The topological polar surface area (TPSA) is 0 Å². The van der Waals surface area contributed by atoms with Crippen molar-refractivity contribution in [2.75, 3.05) is 0 Å². The molecule has 0 aromatic carbocycles. The minimum Gasteiger partial charge on any atom is -0.0654 e. The number of fused-ring (bicyclic) bond motifs is 3. The van der Waals surface area contributed by atoms with E-state index in [1.165, 1.54) is 38.5 Å². The molecule has 5 aliphatic carbocycles. The van der Waals surface area contributed by atoms with Crippen molar-refractivity contribution in [3.8, 4) is 0 Å². The molecule has 0 heterocycles. The van der Waals surface area contributed by atoms with Crippen LogP contribution >= 0.6 is 0 Å². The van der Waals surface area contributed by atoms with Crippen molar-refractivity contribution in [2.24, 2.45) is 39.9 Å². The first-order chi connectivity index (χ1) is 10.8. The molecule has 0 amide bonds. The lowest BCUT2D eigenvalue weighted by atomic mass is 9.61. The summed E-state index contributed by atoms with van der Waals surface area (Å²) in [5.41, 5.74) is 2.07. The Morgan fingerprint density at radius 1 is 0.783 bits per heavy atom. The second-order valence-corrected chi connectivity index (χ2v) is 10.8. The predicted molar refractivity (Wildman–Crippen MR) is 101 cm³/mol. The van der Waals surface area contributed by atoms with Gasteiger partial charge in [0.25, 0.3) is 0 Å². The largest absolute Gasteiger partial charge is 0.0654 e. The van der Waals surface area contributed by atoms with Gasteiger partial charge in [-0.15, -0.1) is 0 Å². The second-order valence-electron chi connectivity index (χ2n) is 10.8. The Labute approximate surface area is 146 Å². The molecule has 5 fully saturated rings. The highest BCUT2D eigenvalue weighted by Gasteiger charge is 2.67. The van der Waals surface area contributed by atoms with Crippen LogP contribution in [0.15, 0.2) is 0 Å². The van der Waals surface area contributed by atoms with Crippen LogP contribution in [0, 0.1) is 39.9 Å². The van der Waals surface area contributed by atoms with Gasteiger partial charge in [0.05, 0.1) is 0 Å². The quantitative estimate of drug-likeness (QED) is 0.470. The summed E-state index contributed by atoms with van der Waals surface area (Å²) in [7, 11) is 0. The molecule has 0 radical (unpaired) electrons. The van der Waals surface area contributed by atoms with Crippen LogP contribution in [0.25, 0.3) is 0 Å². The third kappa shape index (κ3) is 2.81. The molecular formula is C23H42. The van der Waals surface area contributed by atoms with Gasteiger partial charge in [0.1, 0.15) is 0 Å². The normalized spacial score (nSPS) is 54.0. The monoisotopic (exact) mass is 318 g/mol. The third-order valence-electron chi connectivity index (χ3n) is 8.63. The van der Waals surface area contributed by atoms with E-state index < -0.39 is 0 Å². The number of rotatable bonds is 1. The highest BCUT2D eigenvalue weighted by atomic mass is 14.7. The first kappa shape index (κ1) is 17.8. The van der Waals surface area contributed by atoms with Crippen molar-refractivity contribution >= 4 is 0 Å². The van der Waals surface area contributed by atoms with Crippen LogP contribution in [-0.2, 0) is 0 Å². The van der Waals surface area contributed by atoms with Crippen molar-refractivity contribution < 1.29 is 0 Å². The van der Waals surface area contributed by atoms with Crippen molar-refractivity contribution in [1.82, 2.24) is 0 Å². The Kier molecular flexibility index (Phi) is 4.70. The van der Waals surface area contributed by atoms with Gasteiger partial charge < -0.3 is 0 Å². The summed E-state index contributed by atoms with van der Waals surface area (Å²) in [4.78, 5) is 0. The smallest absolute Gasteiger partial charge is 0.0281 e. The van der Waals surface area contributed by atoms with E-state index >= 15 is 0 Å². The van der Waals surface area contributed by atoms with Crippen molar-refractivity contribution in [3.63, 3.8) is 0 Å². The van der Waals surface area contributed by atoms with Crippen LogP contribution in [0.5, 0.6) is 0 Å². The van der Waals surface area contributed by atoms with Gasteiger partial charge in [0.2, 0.25) is 0 Å². The van der Waals surface area contributed by atoms with E-state index in [1.807, 2.05) is 0 Å². The summed E-state index contributed by atoms with van der Waals surface area (Å²) < 4.78 is 0. The average molecular weight is 319 g/mol. The summed E-state index contributed by atoms with van der Waals surface area (Å²) in [6, 6.07) is 0. The standard InChI is InChI=1S/C19H32.C4H10/c1-13-8-9-17(2)11-19(4)12-18(3,10-13)15-7-5-6-14(17)16(15)19;1-3-4-2/h13-16H,5-12H2,1-4H3;3-4H2,1-2H3. The zero-order chi connectivity index (χ0) is 16.9. The van der Waals surface area contributed by atoms with Gasteiger partial charge in [-0.3, -0.25) is 0 Å². The van der Waals surface area contributed by atoms with E-state index in [1.54, 1.807) is 25.7 Å². The Balaban J connectivity index is 0.000000354. The molecule has 0 aliphatic heterocycles. The summed E-state index contributed by atoms with van der Waals surface area (Å²) in [6.07, 6.45) is 14.9. The SMILES string of the molecule is CC1CCC2(C)CC3(C)CC(C)(C1)C1CCCC2C13.CCCC. The molecule has 5 aliphatic rings.